The Morgan fingerprint density at radius 2 is 2.10 bits per heavy atom. The van der Waals surface area contributed by atoms with Gasteiger partial charge in [0.25, 0.3) is 0 Å². The Bertz CT molecular complexity index is 638. The summed E-state index contributed by atoms with van der Waals surface area (Å²) in [7, 11) is 0. The summed E-state index contributed by atoms with van der Waals surface area (Å²) in [5.74, 6) is 0.607. The molecule has 1 atom stereocenters. The molecule has 7 nitrogen and oxygen atoms in total. The number of carbonyl (C=O) groups is 1. The topological polar surface area (TPSA) is 103 Å². The maximum Gasteiger partial charge on any atom is 0.220 e. The number of aliphatic hydroxyl groups excluding tert-OH is 1. The van der Waals surface area contributed by atoms with Crippen molar-refractivity contribution in [3.63, 3.8) is 0 Å². The van der Waals surface area contributed by atoms with Gasteiger partial charge < -0.3 is 26.4 Å². The van der Waals surface area contributed by atoms with Crippen LogP contribution in [0.5, 0.6) is 0 Å². The molecule has 2 heterocycles. The Morgan fingerprint density at radius 3 is 2.69 bits per heavy atom. The van der Waals surface area contributed by atoms with Crippen molar-refractivity contribution in [3.8, 4) is 0 Å². The Morgan fingerprint density at radius 1 is 1.38 bits per heavy atom. The molecular weight excluding hydrogens is 525 g/mol. The molecule has 1 aromatic heterocycles. The van der Waals surface area contributed by atoms with Crippen LogP contribution < -0.4 is 16.4 Å². The average Bonchev–Trinajstić information content (AvgIpc) is 3.12. The van der Waals surface area contributed by atoms with E-state index in [0.29, 0.717) is 16.8 Å². The number of hydrogen-bond acceptors (Lipinski definition) is 5. The number of primary amides is 1. The van der Waals surface area contributed by atoms with Gasteiger partial charge in [-0.25, -0.2) is 0 Å². The van der Waals surface area contributed by atoms with E-state index in [-0.39, 0.29) is 35.8 Å². The van der Waals surface area contributed by atoms with E-state index in [1.807, 2.05) is 13.0 Å². The number of likely N-dealkylation sites (tertiary alicyclic amines) is 1. The molecule has 0 radical (unpaired) electrons. The molecule has 1 aliphatic heterocycles. The number of nitrogens with two attached hydrogens (primary N) is 1. The summed E-state index contributed by atoms with van der Waals surface area (Å²) in [5.41, 5.74) is 5.38. The van der Waals surface area contributed by atoms with Gasteiger partial charge in [0, 0.05) is 23.9 Å². The summed E-state index contributed by atoms with van der Waals surface area (Å²) in [6.45, 7) is 6.85. The largest absolute Gasteiger partial charge is 0.386 e. The van der Waals surface area contributed by atoms with Crippen LogP contribution in [0.1, 0.15) is 43.6 Å². The van der Waals surface area contributed by atoms with Crippen LogP contribution in [0.3, 0.4) is 0 Å². The van der Waals surface area contributed by atoms with E-state index in [4.69, 9.17) is 17.3 Å². The number of halogens is 2. The van der Waals surface area contributed by atoms with Crippen molar-refractivity contribution in [2.75, 3.05) is 39.3 Å². The molecule has 10 heteroatoms. The molecule has 5 N–H and O–H groups in total. The lowest BCUT2D eigenvalue weighted by Crippen LogP contribution is -2.40. The SMILES string of the molecule is CCNC(=NCC(O)c1ccc(Cl)s1)NCCCCN1CCC(C(N)=O)CC1.I. The van der Waals surface area contributed by atoms with Crippen LogP contribution >= 0.6 is 46.9 Å². The van der Waals surface area contributed by atoms with E-state index in [2.05, 4.69) is 20.5 Å². The molecule has 166 valence electrons. The van der Waals surface area contributed by atoms with Crippen molar-refractivity contribution in [1.82, 2.24) is 15.5 Å². The zero-order valence-corrected chi connectivity index (χ0v) is 20.8. The van der Waals surface area contributed by atoms with Gasteiger partial charge in [0.05, 0.1) is 10.9 Å². The quantitative estimate of drug-likeness (QED) is 0.153. The van der Waals surface area contributed by atoms with Gasteiger partial charge in [0.1, 0.15) is 6.10 Å². The fraction of sp³-hybridized carbons (Fsp3) is 0.684. The van der Waals surface area contributed by atoms with Crippen molar-refractivity contribution in [2.24, 2.45) is 16.6 Å². The second-order valence-corrected chi connectivity index (χ2v) is 8.78. The van der Waals surface area contributed by atoms with Crippen molar-refractivity contribution in [1.29, 1.82) is 0 Å². The van der Waals surface area contributed by atoms with Crippen LogP contribution in [-0.4, -0.2) is 61.1 Å². The third-order valence-corrected chi connectivity index (χ3v) is 6.20. The van der Waals surface area contributed by atoms with Crippen molar-refractivity contribution >= 4 is 58.8 Å². The summed E-state index contributed by atoms with van der Waals surface area (Å²) < 4.78 is 0.668. The molecule has 2 rings (SSSR count). The lowest BCUT2D eigenvalue weighted by Gasteiger charge is -2.30. The first-order valence-electron chi connectivity index (χ1n) is 9.96. The number of piperidine rings is 1. The minimum Gasteiger partial charge on any atom is -0.386 e. The van der Waals surface area contributed by atoms with Crippen LogP contribution in [0.15, 0.2) is 17.1 Å². The number of amides is 1. The van der Waals surface area contributed by atoms with Crippen LogP contribution in [0, 0.1) is 5.92 Å². The summed E-state index contributed by atoms with van der Waals surface area (Å²) in [6.07, 6.45) is 3.23. The number of aliphatic imine (C=N–C) groups is 1. The van der Waals surface area contributed by atoms with E-state index in [0.717, 1.165) is 63.3 Å². The summed E-state index contributed by atoms with van der Waals surface area (Å²) >= 11 is 7.29. The fourth-order valence-electron chi connectivity index (χ4n) is 3.23. The van der Waals surface area contributed by atoms with Crippen LogP contribution in [0.4, 0.5) is 0 Å². The maximum absolute atomic E-state index is 11.2. The van der Waals surface area contributed by atoms with Crippen molar-refractivity contribution in [3.05, 3.63) is 21.3 Å². The zero-order chi connectivity index (χ0) is 20.4. The molecule has 0 aliphatic carbocycles. The molecule has 1 aromatic rings. The second kappa shape index (κ2) is 14.4. The summed E-state index contributed by atoms with van der Waals surface area (Å²) in [5, 5.41) is 16.7. The minimum atomic E-state index is -0.642. The minimum absolute atomic E-state index is 0. The fourth-order valence-corrected chi connectivity index (χ4v) is 4.26. The van der Waals surface area contributed by atoms with Gasteiger partial charge in [0.15, 0.2) is 5.96 Å². The highest BCUT2D eigenvalue weighted by Crippen LogP contribution is 2.26. The normalized spacial score (nSPS) is 16.9. The average molecular weight is 558 g/mol. The van der Waals surface area contributed by atoms with E-state index in [1.165, 1.54) is 11.3 Å². The monoisotopic (exact) mass is 557 g/mol. The number of thiophene rings is 1. The van der Waals surface area contributed by atoms with E-state index >= 15 is 0 Å². The Balaban J connectivity index is 0.00000420. The highest BCUT2D eigenvalue weighted by atomic mass is 127. The second-order valence-electron chi connectivity index (χ2n) is 7.03. The molecule has 1 amide bonds. The highest BCUT2D eigenvalue weighted by Gasteiger charge is 2.22. The summed E-state index contributed by atoms with van der Waals surface area (Å²) in [4.78, 5) is 18.9. The predicted octanol–water partition coefficient (Wildman–Crippen LogP) is 2.59. The molecule has 1 unspecified atom stereocenters. The third-order valence-electron chi connectivity index (χ3n) is 4.87. The molecule has 0 saturated carbocycles. The zero-order valence-electron chi connectivity index (χ0n) is 16.9. The first kappa shape index (κ1) is 26.4. The Labute approximate surface area is 199 Å². The maximum atomic E-state index is 11.2. The molecule has 29 heavy (non-hydrogen) atoms. The van der Waals surface area contributed by atoms with Crippen LogP contribution in [0.25, 0.3) is 0 Å². The van der Waals surface area contributed by atoms with E-state index in [1.54, 1.807) is 6.07 Å². The van der Waals surface area contributed by atoms with Gasteiger partial charge >= 0.3 is 0 Å². The van der Waals surface area contributed by atoms with Crippen LogP contribution in [0.2, 0.25) is 4.34 Å². The number of carbonyl (C=O) groups excluding carboxylic acids is 1. The van der Waals surface area contributed by atoms with Gasteiger partial charge in [-0.05, 0) is 64.4 Å². The first-order chi connectivity index (χ1) is 13.5. The number of nitrogens with zero attached hydrogens (tertiary/aromatic N) is 2. The van der Waals surface area contributed by atoms with Gasteiger partial charge in [-0.15, -0.1) is 35.3 Å². The van der Waals surface area contributed by atoms with Gasteiger partial charge in [-0.2, -0.15) is 0 Å². The number of guanidine groups is 1. The van der Waals surface area contributed by atoms with E-state index in [9.17, 15) is 9.90 Å². The lowest BCUT2D eigenvalue weighted by molar-refractivity contribution is -0.123. The van der Waals surface area contributed by atoms with Crippen molar-refractivity contribution in [2.45, 2.75) is 38.7 Å². The summed E-state index contributed by atoms with van der Waals surface area (Å²) in [6, 6.07) is 3.62. The molecule has 1 aliphatic rings. The van der Waals surface area contributed by atoms with Gasteiger partial charge in [-0.3, -0.25) is 9.79 Å². The predicted molar refractivity (Wildman–Crippen MR) is 131 cm³/mol. The van der Waals surface area contributed by atoms with Crippen LogP contribution in [-0.2, 0) is 4.79 Å². The molecular formula is C19H33ClIN5O2S. The number of aliphatic hydroxyl groups is 1. The molecule has 0 aromatic carbocycles. The first-order valence-corrected chi connectivity index (χ1v) is 11.2. The number of hydrogen-bond donors (Lipinski definition) is 4. The smallest absolute Gasteiger partial charge is 0.220 e. The van der Waals surface area contributed by atoms with Gasteiger partial charge in [-0.1, -0.05) is 11.6 Å². The standard InChI is InChI=1S/C19H32ClN5O2S.HI/c1-2-22-19(24-13-15(26)16-5-6-17(20)28-16)23-9-3-4-10-25-11-7-14(8-12-25)18(21)27;/h5-6,14-15,26H,2-4,7-13H2,1H3,(H2,21,27)(H2,22,23,24);1H. The lowest BCUT2D eigenvalue weighted by atomic mass is 9.96. The molecule has 0 bridgehead atoms. The third kappa shape index (κ3) is 9.82. The molecule has 1 saturated heterocycles. The number of nitrogens with one attached hydrogen (secondary N) is 2. The van der Waals surface area contributed by atoms with Gasteiger partial charge in [0.2, 0.25) is 5.91 Å². The van der Waals surface area contributed by atoms with E-state index < -0.39 is 6.10 Å². The molecule has 1 fully saturated rings. The highest BCUT2D eigenvalue weighted by molar-refractivity contribution is 14.0. The Kier molecular flexibility index (Phi) is 13.1. The molecule has 0 spiro atoms. The Hall–Kier alpha value is -0.620. The number of rotatable bonds is 10. The number of unbranched alkanes of at least 4 members (excludes halogenated alkanes) is 1. The van der Waals surface area contributed by atoms with Crippen molar-refractivity contribution < 1.29 is 9.90 Å².